The molecular formula is C21H20F2N2O4. The fraction of sp³-hybridized carbons (Fsp3) is 0.238. The molecule has 0 spiro atoms. The summed E-state index contributed by atoms with van der Waals surface area (Å²) in [4.78, 5) is 22.4. The van der Waals surface area contributed by atoms with Crippen LogP contribution < -0.4 is 10.5 Å². The van der Waals surface area contributed by atoms with Crippen LogP contribution >= 0.6 is 0 Å². The molecule has 0 aliphatic heterocycles. The van der Waals surface area contributed by atoms with E-state index in [4.69, 9.17) is 15.6 Å². The molecule has 1 aromatic heterocycles. The Labute approximate surface area is 165 Å². The SMILES string of the molecule is Cc1c(C)n(Cc2cc(F)c(F)c(OC(C)C(=O)O)c2)c2ccc(C(N)=O)cc12. The number of ether oxygens (including phenoxy) is 1. The van der Waals surface area contributed by atoms with E-state index in [2.05, 4.69) is 0 Å². The number of primary amides is 1. The van der Waals surface area contributed by atoms with Crippen molar-refractivity contribution in [2.75, 3.05) is 0 Å². The van der Waals surface area contributed by atoms with E-state index >= 15 is 0 Å². The van der Waals surface area contributed by atoms with Gasteiger partial charge in [-0.1, -0.05) is 0 Å². The number of benzene rings is 2. The Morgan fingerprint density at radius 3 is 2.52 bits per heavy atom. The molecule has 1 amide bonds. The van der Waals surface area contributed by atoms with Gasteiger partial charge in [0.2, 0.25) is 11.7 Å². The number of carboxylic acid groups (broad SMARTS) is 1. The van der Waals surface area contributed by atoms with Gasteiger partial charge in [-0.05, 0) is 62.2 Å². The third-order valence-corrected chi connectivity index (χ3v) is 4.97. The second-order valence-electron chi connectivity index (χ2n) is 6.88. The Balaban J connectivity index is 2.05. The summed E-state index contributed by atoms with van der Waals surface area (Å²) in [6.07, 6.45) is -1.33. The summed E-state index contributed by atoms with van der Waals surface area (Å²) in [5.74, 6) is -4.65. The molecule has 1 unspecified atom stereocenters. The molecule has 152 valence electrons. The fourth-order valence-electron chi connectivity index (χ4n) is 3.22. The maximum atomic E-state index is 14.1. The van der Waals surface area contributed by atoms with E-state index in [0.29, 0.717) is 11.1 Å². The summed E-state index contributed by atoms with van der Waals surface area (Å²) in [5, 5.41) is 9.78. The predicted octanol–water partition coefficient (Wildman–Crippen LogP) is 3.54. The zero-order chi connectivity index (χ0) is 21.5. The van der Waals surface area contributed by atoms with Crippen molar-refractivity contribution in [1.82, 2.24) is 4.57 Å². The highest BCUT2D eigenvalue weighted by Crippen LogP contribution is 2.29. The molecule has 0 aliphatic carbocycles. The number of aliphatic carboxylic acids is 1. The average molecular weight is 402 g/mol. The van der Waals surface area contributed by atoms with Gasteiger partial charge >= 0.3 is 5.97 Å². The Hall–Kier alpha value is -3.42. The third-order valence-electron chi connectivity index (χ3n) is 4.97. The first-order valence-electron chi connectivity index (χ1n) is 8.86. The van der Waals surface area contributed by atoms with E-state index in [1.54, 1.807) is 18.2 Å². The van der Waals surface area contributed by atoms with Gasteiger partial charge < -0.3 is 20.1 Å². The van der Waals surface area contributed by atoms with Crippen molar-refractivity contribution in [1.29, 1.82) is 0 Å². The van der Waals surface area contributed by atoms with Crippen LogP contribution in [0.5, 0.6) is 5.75 Å². The zero-order valence-electron chi connectivity index (χ0n) is 16.1. The molecule has 1 atom stereocenters. The molecule has 3 rings (SSSR count). The van der Waals surface area contributed by atoms with Crippen LogP contribution in [-0.2, 0) is 11.3 Å². The lowest BCUT2D eigenvalue weighted by Gasteiger charge is -2.14. The third kappa shape index (κ3) is 3.78. The maximum absolute atomic E-state index is 14.1. The van der Waals surface area contributed by atoms with Crippen LogP contribution in [0.25, 0.3) is 10.9 Å². The first kappa shape index (κ1) is 20.3. The number of aryl methyl sites for hydroxylation is 1. The van der Waals surface area contributed by atoms with Gasteiger partial charge in [-0.15, -0.1) is 0 Å². The number of halogens is 2. The zero-order valence-corrected chi connectivity index (χ0v) is 16.1. The van der Waals surface area contributed by atoms with Crippen molar-refractivity contribution >= 4 is 22.8 Å². The van der Waals surface area contributed by atoms with Crippen LogP contribution in [0.1, 0.15) is 34.1 Å². The highest BCUT2D eigenvalue weighted by Gasteiger charge is 2.20. The van der Waals surface area contributed by atoms with Crippen molar-refractivity contribution in [3.05, 3.63) is 64.4 Å². The molecule has 2 aromatic carbocycles. The van der Waals surface area contributed by atoms with Gasteiger partial charge in [-0.25, -0.2) is 9.18 Å². The highest BCUT2D eigenvalue weighted by atomic mass is 19.2. The first-order valence-corrected chi connectivity index (χ1v) is 8.86. The minimum absolute atomic E-state index is 0.196. The van der Waals surface area contributed by atoms with Gasteiger partial charge in [0.15, 0.2) is 17.7 Å². The molecule has 0 saturated heterocycles. The lowest BCUT2D eigenvalue weighted by molar-refractivity contribution is -0.144. The van der Waals surface area contributed by atoms with Gasteiger partial charge in [0.05, 0.1) is 0 Å². The van der Waals surface area contributed by atoms with Crippen LogP contribution in [0.15, 0.2) is 30.3 Å². The van der Waals surface area contributed by atoms with E-state index < -0.39 is 35.4 Å². The number of amides is 1. The summed E-state index contributed by atoms with van der Waals surface area (Å²) in [6.45, 7) is 5.20. The van der Waals surface area contributed by atoms with Crippen LogP contribution in [0.3, 0.4) is 0 Å². The minimum atomic E-state index is -1.33. The second-order valence-corrected chi connectivity index (χ2v) is 6.88. The Morgan fingerprint density at radius 2 is 1.90 bits per heavy atom. The normalized spacial score (nSPS) is 12.2. The van der Waals surface area contributed by atoms with Crippen LogP contribution in [0.4, 0.5) is 8.78 Å². The molecule has 6 nitrogen and oxygen atoms in total. The molecule has 0 bridgehead atoms. The summed E-state index contributed by atoms with van der Waals surface area (Å²) in [7, 11) is 0. The number of carbonyl (C=O) groups is 2. The van der Waals surface area contributed by atoms with E-state index in [1.807, 2.05) is 18.4 Å². The number of nitrogens with two attached hydrogens (primary N) is 1. The monoisotopic (exact) mass is 402 g/mol. The largest absolute Gasteiger partial charge is 0.479 e. The number of fused-ring (bicyclic) bond motifs is 1. The molecule has 8 heteroatoms. The van der Waals surface area contributed by atoms with Crippen molar-refractivity contribution in [3.8, 4) is 5.75 Å². The average Bonchev–Trinajstić information content (AvgIpc) is 2.90. The quantitative estimate of drug-likeness (QED) is 0.659. The number of nitrogens with zero attached hydrogens (tertiary/aromatic N) is 1. The molecule has 0 fully saturated rings. The lowest BCUT2D eigenvalue weighted by atomic mass is 10.1. The van der Waals surface area contributed by atoms with Crippen molar-refractivity contribution in [3.63, 3.8) is 0 Å². The number of hydrogen-bond donors (Lipinski definition) is 2. The molecule has 3 N–H and O–H groups in total. The van der Waals surface area contributed by atoms with Crippen LogP contribution in [-0.4, -0.2) is 27.7 Å². The number of hydrogen-bond acceptors (Lipinski definition) is 3. The molecule has 0 saturated carbocycles. The van der Waals surface area contributed by atoms with Gasteiger partial charge in [-0.2, -0.15) is 4.39 Å². The number of aromatic nitrogens is 1. The summed E-state index contributed by atoms with van der Waals surface area (Å²) >= 11 is 0. The molecule has 3 aromatic rings. The number of rotatable bonds is 6. The van der Waals surface area contributed by atoms with E-state index in [-0.39, 0.29) is 6.54 Å². The standard InChI is InChI=1S/C21H20F2N2O4/c1-10-11(2)25(17-5-4-14(20(24)26)8-15(10)17)9-13-6-16(22)19(23)18(7-13)29-12(3)21(27)28/h4-8,12H,9H2,1-3H3,(H2,24,26)(H,27,28). The lowest BCUT2D eigenvalue weighted by Crippen LogP contribution is -2.23. The van der Waals surface area contributed by atoms with Crippen molar-refractivity contribution in [2.45, 2.75) is 33.4 Å². The van der Waals surface area contributed by atoms with Crippen molar-refractivity contribution < 1.29 is 28.2 Å². The molecular weight excluding hydrogens is 382 g/mol. The second kappa shape index (κ2) is 7.54. The van der Waals surface area contributed by atoms with Gasteiger partial charge in [0, 0.05) is 28.7 Å². The van der Waals surface area contributed by atoms with E-state index in [9.17, 15) is 18.4 Å². The Morgan fingerprint density at radius 1 is 1.21 bits per heavy atom. The predicted molar refractivity (Wildman–Crippen MR) is 103 cm³/mol. The topological polar surface area (TPSA) is 94.6 Å². The molecule has 0 aliphatic rings. The first-order chi connectivity index (χ1) is 13.6. The minimum Gasteiger partial charge on any atom is -0.479 e. The van der Waals surface area contributed by atoms with Gasteiger partial charge in [0.1, 0.15) is 0 Å². The number of carbonyl (C=O) groups excluding carboxylic acids is 1. The van der Waals surface area contributed by atoms with Gasteiger partial charge in [0.25, 0.3) is 0 Å². The summed E-state index contributed by atoms with van der Waals surface area (Å²) in [6, 6.07) is 7.39. The molecule has 29 heavy (non-hydrogen) atoms. The molecule has 1 heterocycles. The Bertz CT molecular complexity index is 1140. The van der Waals surface area contributed by atoms with Crippen LogP contribution in [0.2, 0.25) is 0 Å². The smallest absolute Gasteiger partial charge is 0.344 e. The van der Waals surface area contributed by atoms with Crippen molar-refractivity contribution in [2.24, 2.45) is 5.73 Å². The van der Waals surface area contributed by atoms with E-state index in [1.165, 1.54) is 13.0 Å². The van der Waals surface area contributed by atoms with E-state index in [0.717, 1.165) is 28.2 Å². The highest BCUT2D eigenvalue weighted by molar-refractivity contribution is 5.98. The number of carboxylic acids is 1. The summed E-state index contributed by atoms with van der Waals surface area (Å²) in [5.41, 5.74) is 8.75. The Kier molecular flexibility index (Phi) is 5.28. The summed E-state index contributed by atoms with van der Waals surface area (Å²) < 4.78 is 35.1. The van der Waals surface area contributed by atoms with Gasteiger partial charge in [-0.3, -0.25) is 4.79 Å². The van der Waals surface area contributed by atoms with Crippen LogP contribution in [0, 0.1) is 25.5 Å². The fourth-order valence-corrected chi connectivity index (χ4v) is 3.22. The molecule has 0 radical (unpaired) electrons. The maximum Gasteiger partial charge on any atom is 0.344 e.